The Bertz CT molecular complexity index is 665. The van der Waals surface area contributed by atoms with Gasteiger partial charge in [0.1, 0.15) is 5.75 Å². The van der Waals surface area contributed by atoms with E-state index in [0.29, 0.717) is 0 Å². The van der Waals surface area contributed by atoms with Gasteiger partial charge in [0.25, 0.3) is 0 Å². The van der Waals surface area contributed by atoms with Crippen LogP contribution in [-0.2, 0) is 4.74 Å². The van der Waals surface area contributed by atoms with E-state index in [1.807, 2.05) is 13.1 Å². The van der Waals surface area contributed by atoms with Crippen molar-refractivity contribution in [2.45, 2.75) is 51.1 Å². The predicted molar refractivity (Wildman–Crippen MR) is 114 cm³/mol. The van der Waals surface area contributed by atoms with Crippen molar-refractivity contribution in [3.8, 4) is 5.75 Å². The summed E-state index contributed by atoms with van der Waals surface area (Å²) in [4.78, 5) is 7.15. The molecule has 6 nitrogen and oxygen atoms in total. The van der Waals surface area contributed by atoms with E-state index in [1.165, 1.54) is 31.5 Å². The Morgan fingerprint density at radius 3 is 2.64 bits per heavy atom. The molecular weight excluding hydrogens is 352 g/mol. The van der Waals surface area contributed by atoms with Crippen LogP contribution in [-0.4, -0.2) is 63.4 Å². The normalized spacial score (nSPS) is 21.4. The molecule has 2 aliphatic heterocycles. The van der Waals surface area contributed by atoms with E-state index in [9.17, 15) is 0 Å². The zero-order valence-electron chi connectivity index (χ0n) is 17.9. The van der Waals surface area contributed by atoms with Crippen LogP contribution in [0.5, 0.6) is 5.75 Å². The van der Waals surface area contributed by atoms with Gasteiger partial charge in [-0.1, -0.05) is 17.7 Å². The Hall–Kier alpha value is -1.79. The van der Waals surface area contributed by atoms with E-state index in [-0.39, 0.29) is 11.6 Å². The van der Waals surface area contributed by atoms with Gasteiger partial charge in [-0.15, -0.1) is 0 Å². The Kier molecular flexibility index (Phi) is 7.18. The Morgan fingerprint density at radius 1 is 1.29 bits per heavy atom. The largest absolute Gasteiger partial charge is 0.496 e. The summed E-state index contributed by atoms with van der Waals surface area (Å²) < 4.78 is 11.2. The summed E-state index contributed by atoms with van der Waals surface area (Å²) >= 11 is 0. The maximum atomic E-state index is 5.66. The van der Waals surface area contributed by atoms with Crippen LogP contribution in [0.15, 0.2) is 23.2 Å². The average Bonchev–Trinajstić information content (AvgIpc) is 3.27. The summed E-state index contributed by atoms with van der Waals surface area (Å²) in [6, 6.07) is 6.38. The van der Waals surface area contributed by atoms with E-state index < -0.39 is 0 Å². The van der Waals surface area contributed by atoms with Gasteiger partial charge in [0.05, 0.1) is 13.2 Å². The maximum Gasteiger partial charge on any atom is 0.191 e. The van der Waals surface area contributed by atoms with Crippen molar-refractivity contribution in [2.24, 2.45) is 4.99 Å². The minimum atomic E-state index is 0.0958. The summed E-state index contributed by atoms with van der Waals surface area (Å²) in [5, 5.41) is 7.15. The van der Waals surface area contributed by atoms with E-state index >= 15 is 0 Å². The van der Waals surface area contributed by atoms with Crippen LogP contribution in [0, 0.1) is 6.92 Å². The second kappa shape index (κ2) is 9.61. The topological polar surface area (TPSA) is 58.1 Å². The first-order valence-electron chi connectivity index (χ1n) is 10.5. The summed E-state index contributed by atoms with van der Waals surface area (Å²) in [5.41, 5.74) is 2.55. The molecule has 28 heavy (non-hydrogen) atoms. The number of hydrogen-bond donors (Lipinski definition) is 2. The number of benzene rings is 1. The van der Waals surface area contributed by atoms with Crippen LogP contribution in [0.4, 0.5) is 0 Å². The fraction of sp³-hybridized carbons (Fsp3) is 0.682. The van der Waals surface area contributed by atoms with Gasteiger partial charge in [0.15, 0.2) is 5.96 Å². The lowest BCUT2D eigenvalue weighted by atomic mass is 9.88. The molecule has 1 atom stereocenters. The molecule has 0 radical (unpaired) electrons. The predicted octanol–water partition coefficient (Wildman–Crippen LogP) is 2.87. The van der Waals surface area contributed by atoms with E-state index in [0.717, 1.165) is 49.9 Å². The number of ether oxygens (including phenoxy) is 2. The van der Waals surface area contributed by atoms with Crippen molar-refractivity contribution >= 4 is 5.96 Å². The Morgan fingerprint density at radius 2 is 2.00 bits per heavy atom. The second-order valence-corrected chi connectivity index (χ2v) is 8.07. The van der Waals surface area contributed by atoms with Crippen molar-refractivity contribution in [1.29, 1.82) is 0 Å². The van der Waals surface area contributed by atoms with E-state index in [1.54, 1.807) is 7.11 Å². The monoisotopic (exact) mass is 388 g/mol. The minimum absolute atomic E-state index is 0.0958. The molecule has 0 spiro atoms. The smallest absolute Gasteiger partial charge is 0.191 e. The minimum Gasteiger partial charge on any atom is -0.496 e. The van der Waals surface area contributed by atoms with Gasteiger partial charge in [0.2, 0.25) is 0 Å². The lowest BCUT2D eigenvalue weighted by Crippen LogP contribution is -2.58. The molecule has 2 saturated heterocycles. The lowest BCUT2D eigenvalue weighted by molar-refractivity contribution is -0.0164. The summed E-state index contributed by atoms with van der Waals surface area (Å²) in [6.45, 7) is 9.24. The van der Waals surface area contributed by atoms with Gasteiger partial charge in [-0.25, -0.2) is 0 Å². The number of guanidine groups is 1. The standard InChI is InChI=1S/C22H36N4O2/c1-17-7-8-20(27-4)19(15-17)18(2)25-21(23-3)24-16-22(9-13-28-14-10-22)26-11-5-6-12-26/h7-8,15,18H,5-6,9-14,16H2,1-4H3,(H2,23,24,25). The lowest BCUT2D eigenvalue weighted by Gasteiger charge is -2.45. The number of aryl methyl sites for hydroxylation is 1. The molecule has 2 N–H and O–H groups in total. The van der Waals surface area contributed by atoms with Gasteiger partial charge >= 0.3 is 0 Å². The van der Waals surface area contributed by atoms with Crippen molar-refractivity contribution in [2.75, 3.05) is 47.0 Å². The number of likely N-dealkylation sites (tertiary alicyclic amines) is 1. The molecule has 0 aliphatic carbocycles. The summed E-state index contributed by atoms with van der Waals surface area (Å²) in [7, 11) is 3.56. The van der Waals surface area contributed by atoms with Gasteiger partial charge in [0, 0.05) is 37.9 Å². The highest BCUT2D eigenvalue weighted by atomic mass is 16.5. The molecule has 1 aromatic carbocycles. The highest BCUT2D eigenvalue weighted by Gasteiger charge is 2.39. The van der Waals surface area contributed by atoms with Gasteiger partial charge in [-0.2, -0.15) is 0 Å². The molecule has 0 bridgehead atoms. The third-order valence-electron chi connectivity index (χ3n) is 6.21. The molecule has 2 fully saturated rings. The maximum absolute atomic E-state index is 5.66. The third kappa shape index (κ3) is 4.78. The van der Waals surface area contributed by atoms with Crippen LogP contribution in [0.25, 0.3) is 0 Å². The zero-order valence-corrected chi connectivity index (χ0v) is 17.9. The van der Waals surface area contributed by atoms with Crippen LogP contribution >= 0.6 is 0 Å². The van der Waals surface area contributed by atoms with Gasteiger partial charge in [-0.3, -0.25) is 9.89 Å². The van der Waals surface area contributed by atoms with E-state index in [4.69, 9.17) is 9.47 Å². The van der Waals surface area contributed by atoms with Crippen LogP contribution < -0.4 is 15.4 Å². The van der Waals surface area contributed by atoms with E-state index in [2.05, 4.69) is 46.5 Å². The molecule has 0 saturated carbocycles. The number of nitrogens with zero attached hydrogens (tertiary/aromatic N) is 2. The highest BCUT2D eigenvalue weighted by Crippen LogP contribution is 2.31. The van der Waals surface area contributed by atoms with Gasteiger partial charge < -0.3 is 20.1 Å². The van der Waals surface area contributed by atoms with Crippen molar-refractivity contribution in [3.63, 3.8) is 0 Å². The number of aliphatic imine (C=N–C) groups is 1. The molecule has 3 rings (SSSR count). The SMILES string of the molecule is CN=C(NCC1(N2CCCC2)CCOCC1)NC(C)c1cc(C)ccc1OC. The first-order chi connectivity index (χ1) is 13.6. The average molecular weight is 389 g/mol. The van der Waals surface area contributed by atoms with Crippen molar-refractivity contribution < 1.29 is 9.47 Å². The molecule has 0 amide bonds. The third-order valence-corrected chi connectivity index (χ3v) is 6.21. The number of nitrogens with one attached hydrogen (secondary N) is 2. The molecule has 156 valence electrons. The van der Waals surface area contributed by atoms with Crippen molar-refractivity contribution in [3.05, 3.63) is 29.3 Å². The quantitative estimate of drug-likeness (QED) is 0.580. The second-order valence-electron chi connectivity index (χ2n) is 8.07. The Labute approximate surface area is 169 Å². The molecule has 0 aromatic heterocycles. The Balaban J connectivity index is 1.66. The zero-order chi connectivity index (χ0) is 20.0. The molecular formula is C22H36N4O2. The summed E-state index contributed by atoms with van der Waals surface area (Å²) in [6.07, 6.45) is 4.77. The molecule has 1 aromatic rings. The van der Waals surface area contributed by atoms with Crippen molar-refractivity contribution in [1.82, 2.24) is 15.5 Å². The molecule has 2 aliphatic rings. The van der Waals surface area contributed by atoms with Crippen LogP contribution in [0.3, 0.4) is 0 Å². The molecule has 2 heterocycles. The van der Waals surface area contributed by atoms with Crippen LogP contribution in [0.2, 0.25) is 0 Å². The van der Waals surface area contributed by atoms with Crippen LogP contribution in [0.1, 0.15) is 49.8 Å². The number of hydrogen-bond acceptors (Lipinski definition) is 4. The number of rotatable bonds is 6. The first-order valence-corrected chi connectivity index (χ1v) is 10.5. The molecule has 1 unspecified atom stereocenters. The number of methoxy groups -OCH3 is 1. The first kappa shape index (κ1) is 20.9. The summed E-state index contributed by atoms with van der Waals surface area (Å²) in [5.74, 6) is 1.74. The molecule has 6 heteroatoms. The fourth-order valence-electron chi connectivity index (χ4n) is 4.47. The highest BCUT2D eigenvalue weighted by molar-refractivity contribution is 5.80. The van der Waals surface area contributed by atoms with Gasteiger partial charge in [-0.05, 0) is 58.7 Å². The fourth-order valence-corrected chi connectivity index (χ4v) is 4.47.